The molecular formula is C27H25NO5. The smallest absolute Gasteiger partial charge is 0.336 e. The van der Waals surface area contributed by atoms with Gasteiger partial charge in [-0.05, 0) is 42.7 Å². The zero-order valence-electron chi connectivity index (χ0n) is 18.4. The maximum Gasteiger partial charge on any atom is 0.336 e. The van der Waals surface area contributed by atoms with Crippen LogP contribution in [0.3, 0.4) is 0 Å². The Bertz CT molecular complexity index is 1320. The summed E-state index contributed by atoms with van der Waals surface area (Å²) in [5, 5.41) is 13.7. The van der Waals surface area contributed by atoms with E-state index >= 15 is 0 Å². The molecule has 4 rings (SSSR count). The van der Waals surface area contributed by atoms with Gasteiger partial charge in [0.2, 0.25) is 0 Å². The van der Waals surface area contributed by atoms with E-state index in [0.29, 0.717) is 16.9 Å². The fraction of sp³-hybridized carbons (Fsp3) is 0.185. The molecule has 0 bridgehead atoms. The average molecular weight is 443 g/mol. The summed E-state index contributed by atoms with van der Waals surface area (Å²) < 4.78 is 11.4. The van der Waals surface area contributed by atoms with Crippen molar-refractivity contribution >= 4 is 16.9 Å². The fourth-order valence-corrected chi connectivity index (χ4v) is 3.71. The SMILES string of the molecule is Cc1c(O[C@H](C)C(=O)NC[C@@H](O)c2ccccc2)ccc2c(-c3ccccc3)cc(=O)oc12. The molecule has 0 saturated heterocycles. The Balaban J connectivity index is 1.52. The van der Waals surface area contributed by atoms with Crippen molar-refractivity contribution in [3.05, 3.63) is 100 Å². The Morgan fingerprint density at radius 3 is 2.39 bits per heavy atom. The molecule has 0 unspecified atom stereocenters. The molecule has 0 fully saturated rings. The average Bonchev–Trinajstić information content (AvgIpc) is 2.84. The highest BCUT2D eigenvalue weighted by atomic mass is 16.5. The van der Waals surface area contributed by atoms with Crippen LogP contribution in [0.25, 0.3) is 22.1 Å². The lowest BCUT2D eigenvalue weighted by atomic mass is 10.00. The maximum absolute atomic E-state index is 12.5. The first-order chi connectivity index (χ1) is 15.9. The molecule has 1 heterocycles. The monoisotopic (exact) mass is 443 g/mol. The number of hydrogen-bond donors (Lipinski definition) is 2. The summed E-state index contributed by atoms with van der Waals surface area (Å²) in [6.07, 6.45) is -1.62. The minimum Gasteiger partial charge on any atom is -0.480 e. The van der Waals surface area contributed by atoms with Gasteiger partial charge in [0.1, 0.15) is 11.3 Å². The molecule has 6 heteroatoms. The molecule has 4 aromatic rings. The maximum atomic E-state index is 12.5. The van der Waals surface area contributed by atoms with E-state index in [9.17, 15) is 14.7 Å². The molecule has 1 aromatic heterocycles. The number of fused-ring (bicyclic) bond motifs is 1. The van der Waals surface area contributed by atoms with Gasteiger partial charge in [0.15, 0.2) is 6.10 Å². The minimum atomic E-state index is -0.812. The molecular weight excluding hydrogens is 418 g/mol. The van der Waals surface area contributed by atoms with E-state index in [0.717, 1.165) is 22.1 Å². The number of benzene rings is 3. The third-order valence-electron chi connectivity index (χ3n) is 5.52. The number of aliphatic hydroxyl groups is 1. The zero-order valence-corrected chi connectivity index (χ0v) is 18.4. The molecule has 2 N–H and O–H groups in total. The summed E-state index contributed by atoms with van der Waals surface area (Å²) in [4.78, 5) is 24.8. The van der Waals surface area contributed by atoms with E-state index in [-0.39, 0.29) is 12.5 Å². The van der Waals surface area contributed by atoms with Crippen molar-refractivity contribution in [1.82, 2.24) is 5.32 Å². The van der Waals surface area contributed by atoms with Crippen LogP contribution >= 0.6 is 0 Å². The summed E-state index contributed by atoms with van der Waals surface area (Å²) in [5.41, 5.74) is 3.01. The Morgan fingerprint density at radius 2 is 1.70 bits per heavy atom. The standard InChI is InChI=1S/C27H25NO5/c1-17-24(32-18(2)27(31)28-16-23(29)20-11-7-4-8-12-20)14-13-21-22(15-25(30)33-26(17)21)19-9-5-3-6-10-19/h3-15,18,23,29H,16H2,1-2H3,(H,28,31)/t18-,23-/m1/s1. The van der Waals surface area contributed by atoms with Crippen LogP contribution in [0.2, 0.25) is 0 Å². The van der Waals surface area contributed by atoms with E-state index in [2.05, 4.69) is 5.32 Å². The number of amides is 1. The number of carbonyl (C=O) groups is 1. The van der Waals surface area contributed by atoms with Gasteiger partial charge in [0.25, 0.3) is 5.91 Å². The molecule has 0 aliphatic heterocycles. The largest absolute Gasteiger partial charge is 0.480 e. The summed E-state index contributed by atoms with van der Waals surface area (Å²) in [7, 11) is 0. The highest BCUT2D eigenvalue weighted by Crippen LogP contribution is 2.33. The van der Waals surface area contributed by atoms with Crippen molar-refractivity contribution in [2.24, 2.45) is 0 Å². The van der Waals surface area contributed by atoms with Crippen LogP contribution in [0.4, 0.5) is 0 Å². The number of ether oxygens (including phenoxy) is 1. The number of carbonyl (C=O) groups excluding carboxylic acids is 1. The van der Waals surface area contributed by atoms with Gasteiger partial charge in [0, 0.05) is 23.6 Å². The van der Waals surface area contributed by atoms with Gasteiger partial charge >= 0.3 is 5.63 Å². The summed E-state index contributed by atoms with van der Waals surface area (Å²) >= 11 is 0. The molecule has 0 radical (unpaired) electrons. The van der Waals surface area contributed by atoms with Crippen molar-refractivity contribution in [2.75, 3.05) is 6.54 Å². The Morgan fingerprint density at radius 1 is 1.03 bits per heavy atom. The second kappa shape index (κ2) is 9.71. The minimum absolute atomic E-state index is 0.0720. The van der Waals surface area contributed by atoms with E-state index < -0.39 is 17.8 Å². The predicted molar refractivity (Wildman–Crippen MR) is 127 cm³/mol. The normalized spacial score (nSPS) is 12.8. The van der Waals surface area contributed by atoms with Gasteiger partial charge in [-0.3, -0.25) is 4.79 Å². The number of aliphatic hydroxyl groups excluding tert-OH is 1. The number of rotatable bonds is 7. The first-order valence-corrected chi connectivity index (χ1v) is 10.7. The van der Waals surface area contributed by atoms with Gasteiger partial charge in [-0.25, -0.2) is 4.79 Å². The molecule has 0 aliphatic rings. The van der Waals surface area contributed by atoms with Gasteiger partial charge in [-0.1, -0.05) is 60.7 Å². The summed E-state index contributed by atoms with van der Waals surface area (Å²) in [6, 6.07) is 23.8. The van der Waals surface area contributed by atoms with Gasteiger partial charge < -0.3 is 19.6 Å². The quantitative estimate of drug-likeness (QED) is 0.414. The van der Waals surface area contributed by atoms with Crippen molar-refractivity contribution in [2.45, 2.75) is 26.1 Å². The lowest BCUT2D eigenvalue weighted by Crippen LogP contribution is -2.38. The first-order valence-electron chi connectivity index (χ1n) is 10.7. The lowest BCUT2D eigenvalue weighted by molar-refractivity contribution is -0.127. The molecule has 2 atom stereocenters. The summed E-state index contributed by atoms with van der Waals surface area (Å²) in [6.45, 7) is 3.49. The highest BCUT2D eigenvalue weighted by Gasteiger charge is 2.19. The number of nitrogens with one attached hydrogen (secondary N) is 1. The van der Waals surface area contributed by atoms with E-state index in [1.54, 1.807) is 32.0 Å². The first kappa shape index (κ1) is 22.3. The second-order valence-corrected chi connectivity index (χ2v) is 7.84. The molecule has 0 aliphatic carbocycles. The van der Waals surface area contributed by atoms with Crippen LogP contribution in [0, 0.1) is 6.92 Å². The van der Waals surface area contributed by atoms with Gasteiger partial charge in [-0.2, -0.15) is 0 Å². The van der Waals surface area contributed by atoms with Crippen LogP contribution in [-0.4, -0.2) is 23.7 Å². The third kappa shape index (κ3) is 4.96. The van der Waals surface area contributed by atoms with Crippen LogP contribution < -0.4 is 15.7 Å². The second-order valence-electron chi connectivity index (χ2n) is 7.84. The van der Waals surface area contributed by atoms with Crippen molar-refractivity contribution in [3.8, 4) is 16.9 Å². The van der Waals surface area contributed by atoms with Crippen LogP contribution in [0.5, 0.6) is 5.75 Å². The summed E-state index contributed by atoms with van der Waals surface area (Å²) in [5.74, 6) is 0.0890. The Hall–Kier alpha value is -3.90. The molecule has 1 amide bonds. The zero-order chi connectivity index (χ0) is 23.4. The van der Waals surface area contributed by atoms with E-state index in [1.165, 1.54) is 6.07 Å². The van der Waals surface area contributed by atoms with Crippen molar-refractivity contribution in [1.29, 1.82) is 0 Å². The number of hydrogen-bond acceptors (Lipinski definition) is 5. The van der Waals surface area contributed by atoms with Crippen molar-refractivity contribution in [3.63, 3.8) is 0 Å². The van der Waals surface area contributed by atoms with Gasteiger partial charge in [0.05, 0.1) is 6.10 Å². The van der Waals surface area contributed by atoms with Crippen LogP contribution in [0.15, 0.2) is 88.1 Å². The topological polar surface area (TPSA) is 88.8 Å². The number of aryl methyl sites for hydroxylation is 1. The predicted octanol–water partition coefficient (Wildman–Crippen LogP) is 4.39. The molecule has 0 spiro atoms. The van der Waals surface area contributed by atoms with Crippen LogP contribution in [0.1, 0.15) is 24.2 Å². The fourth-order valence-electron chi connectivity index (χ4n) is 3.71. The van der Waals surface area contributed by atoms with E-state index in [1.807, 2.05) is 54.6 Å². The third-order valence-corrected chi connectivity index (χ3v) is 5.52. The van der Waals surface area contributed by atoms with E-state index in [4.69, 9.17) is 9.15 Å². The lowest BCUT2D eigenvalue weighted by Gasteiger charge is -2.18. The highest BCUT2D eigenvalue weighted by molar-refractivity contribution is 5.95. The van der Waals surface area contributed by atoms with Gasteiger partial charge in [-0.15, -0.1) is 0 Å². The molecule has 33 heavy (non-hydrogen) atoms. The molecule has 168 valence electrons. The van der Waals surface area contributed by atoms with Crippen molar-refractivity contribution < 1.29 is 19.1 Å². The molecule has 0 saturated carbocycles. The molecule has 3 aromatic carbocycles. The van der Waals surface area contributed by atoms with Crippen LogP contribution in [-0.2, 0) is 4.79 Å². The Labute approximate surface area is 191 Å². The Kier molecular flexibility index (Phi) is 6.56. The molecule has 6 nitrogen and oxygen atoms in total.